The zero-order chi connectivity index (χ0) is 28.9. The topological polar surface area (TPSA) is 89.5 Å². The maximum Gasteiger partial charge on any atom is 0.647 e. The first kappa shape index (κ1) is 33.6. The van der Waals surface area contributed by atoms with Crippen molar-refractivity contribution in [3.05, 3.63) is 91.0 Å². The van der Waals surface area contributed by atoms with Crippen molar-refractivity contribution in [1.29, 1.82) is 0 Å². The van der Waals surface area contributed by atoms with Gasteiger partial charge in [-0.3, -0.25) is 13.6 Å². The summed E-state index contributed by atoms with van der Waals surface area (Å²) in [6, 6.07) is 26.4. The number of hydrogen-bond donors (Lipinski definition) is 0. The zero-order valence-electron chi connectivity index (χ0n) is 23.7. The number of hydrogen-bond acceptors (Lipinski definition) is 8. The van der Waals surface area contributed by atoms with Gasteiger partial charge in [-0.25, -0.2) is 4.57 Å². The quantitative estimate of drug-likeness (QED) is 0.106. The van der Waals surface area contributed by atoms with E-state index in [2.05, 4.69) is 20.8 Å². The van der Waals surface area contributed by atoms with Crippen molar-refractivity contribution in [3.8, 4) is 17.2 Å². The molecule has 0 unspecified atom stereocenters. The van der Waals surface area contributed by atoms with Gasteiger partial charge in [-0.05, 0) is 55.7 Å². The number of rotatable bonds is 18. The molecule has 40 heavy (non-hydrogen) atoms. The van der Waals surface area contributed by atoms with Crippen LogP contribution in [0.2, 0.25) is 0 Å². The molecule has 0 spiro atoms. The molecule has 0 saturated carbocycles. The summed E-state index contributed by atoms with van der Waals surface area (Å²) in [5.74, 6) is 1.22. The van der Waals surface area contributed by atoms with Crippen molar-refractivity contribution in [2.45, 2.75) is 59.3 Å². The van der Waals surface area contributed by atoms with Crippen LogP contribution in [0.25, 0.3) is 0 Å². The van der Waals surface area contributed by atoms with Crippen LogP contribution >= 0.6 is 15.6 Å². The summed E-state index contributed by atoms with van der Waals surface area (Å²) in [7, 11) is -7.19. The smallest absolute Gasteiger partial charge is 0.386 e. The van der Waals surface area contributed by atoms with Gasteiger partial charge < -0.3 is 13.6 Å². The molecule has 0 N–H and O–H groups in total. The first-order valence-corrected chi connectivity index (χ1v) is 16.7. The maximum atomic E-state index is 13.1. The minimum atomic E-state index is -3.89. The first-order chi connectivity index (χ1) is 19.4. The molecule has 8 nitrogen and oxygen atoms in total. The molecule has 0 atom stereocenters. The summed E-state index contributed by atoms with van der Waals surface area (Å²) < 4.78 is 57.6. The van der Waals surface area contributed by atoms with Gasteiger partial charge in [0.1, 0.15) is 17.2 Å². The summed E-state index contributed by atoms with van der Waals surface area (Å²) in [6.45, 7) is 7.49. The molecule has 0 aliphatic heterocycles. The lowest BCUT2D eigenvalue weighted by Gasteiger charge is -2.19. The van der Waals surface area contributed by atoms with E-state index in [1.807, 2.05) is 18.2 Å². The molecular formula is C30H42O8P2. The van der Waals surface area contributed by atoms with Crippen LogP contribution in [0.3, 0.4) is 0 Å². The van der Waals surface area contributed by atoms with Gasteiger partial charge in [-0.1, -0.05) is 94.6 Å². The van der Waals surface area contributed by atoms with Gasteiger partial charge in [0.15, 0.2) is 0 Å². The van der Waals surface area contributed by atoms with Crippen LogP contribution < -0.4 is 13.6 Å². The van der Waals surface area contributed by atoms with Crippen LogP contribution in [0.5, 0.6) is 17.2 Å². The Kier molecular flexibility index (Phi) is 16.4. The van der Waals surface area contributed by atoms with E-state index in [-0.39, 0.29) is 0 Å². The van der Waals surface area contributed by atoms with Gasteiger partial charge in [0, 0.05) is 0 Å². The van der Waals surface area contributed by atoms with Crippen LogP contribution in [-0.2, 0) is 22.7 Å². The van der Waals surface area contributed by atoms with Crippen molar-refractivity contribution >= 4 is 15.6 Å². The molecule has 0 fully saturated rings. The van der Waals surface area contributed by atoms with Gasteiger partial charge in [0.05, 0.1) is 19.8 Å². The fourth-order valence-electron chi connectivity index (χ4n) is 2.96. The van der Waals surface area contributed by atoms with E-state index in [1.54, 1.807) is 72.8 Å². The maximum absolute atomic E-state index is 13.1. The second-order valence-corrected chi connectivity index (χ2v) is 11.8. The normalized spacial score (nSPS) is 11.3. The van der Waals surface area contributed by atoms with Crippen LogP contribution in [0.4, 0.5) is 0 Å². The van der Waals surface area contributed by atoms with Gasteiger partial charge in [-0.15, -0.1) is 0 Å². The van der Waals surface area contributed by atoms with Crippen LogP contribution in [0.1, 0.15) is 59.3 Å². The minimum absolute atomic E-state index is 0.405. The van der Waals surface area contributed by atoms with Crippen molar-refractivity contribution in [2.24, 2.45) is 0 Å². The number of phosphoric acid groups is 2. The van der Waals surface area contributed by atoms with Gasteiger partial charge in [0.2, 0.25) is 0 Å². The molecule has 3 aromatic rings. The van der Waals surface area contributed by atoms with Crippen molar-refractivity contribution < 1.29 is 36.3 Å². The molecule has 220 valence electrons. The van der Waals surface area contributed by atoms with Gasteiger partial charge in [0.25, 0.3) is 0 Å². The van der Waals surface area contributed by atoms with Crippen molar-refractivity contribution in [2.75, 3.05) is 19.8 Å². The summed E-state index contributed by atoms with van der Waals surface area (Å²) >= 11 is 0. The second kappa shape index (κ2) is 19.5. The lowest BCUT2D eigenvalue weighted by molar-refractivity contribution is 0.110. The molecule has 0 aliphatic rings. The van der Waals surface area contributed by atoms with E-state index in [1.165, 1.54) is 0 Å². The monoisotopic (exact) mass is 592 g/mol. The highest BCUT2D eigenvalue weighted by atomic mass is 31.2. The van der Waals surface area contributed by atoms with Crippen LogP contribution in [0.15, 0.2) is 91.0 Å². The first-order valence-electron chi connectivity index (χ1n) is 13.8. The summed E-state index contributed by atoms with van der Waals surface area (Å²) in [4.78, 5) is 0. The average Bonchev–Trinajstić information content (AvgIpc) is 2.95. The Morgan fingerprint density at radius 1 is 0.450 bits per heavy atom. The highest BCUT2D eigenvalue weighted by Gasteiger charge is 2.33. The van der Waals surface area contributed by atoms with Crippen molar-refractivity contribution in [1.82, 2.24) is 0 Å². The third-order valence-corrected chi connectivity index (χ3v) is 7.92. The largest absolute Gasteiger partial charge is 0.647 e. The Labute approximate surface area is 239 Å². The van der Waals surface area contributed by atoms with E-state index < -0.39 is 15.6 Å². The summed E-state index contributed by atoms with van der Waals surface area (Å²) in [5, 5.41) is 0. The van der Waals surface area contributed by atoms with E-state index in [4.69, 9.17) is 27.1 Å². The molecule has 0 amide bonds. The Bertz CT molecular complexity index is 989. The lowest BCUT2D eigenvalue weighted by atomic mass is 10.3. The highest BCUT2D eigenvalue weighted by molar-refractivity contribution is 7.49. The second-order valence-electron chi connectivity index (χ2n) is 8.67. The molecule has 0 heterocycles. The van der Waals surface area contributed by atoms with E-state index >= 15 is 0 Å². The van der Waals surface area contributed by atoms with Crippen LogP contribution in [0, 0.1) is 0 Å². The predicted octanol–water partition coefficient (Wildman–Crippen LogP) is 9.88. The van der Waals surface area contributed by atoms with Crippen molar-refractivity contribution in [3.63, 3.8) is 0 Å². The molecule has 0 aromatic heterocycles. The predicted molar refractivity (Wildman–Crippen MR) is 159 cm³/mol. The van der Waals surface area contributed by atoms with E-state index in [0.717, 1.165) is 38.5 Å². The number of unbranched alkanes of at least 4 members (excludes halogenated alkanes) is 3. The number of phosphoric ester groups is 2. The molecule has 3 rings (SSSR count). The SMILES string of the molecule is CCCCOP(=O)(OCCCC)OCCCC.O=P(Oc1ccccc1)(Oc1ccccc1)Oc1ccccc1. The molecule has 0 bridgehead atoms. The molecular weight excluding hydrogens is 550 g/mol. The molecule has 3 aromatic carbocycles. The molecule has 0 saturated heterocycles. The average molecular weight is 593 g/mol. The van der Waals surface area contributed by atoms with E-state index in [0.29, 0.717) is 37.1 Å². The number of para-hydroxylation sites is 3. The lowest BCUT2D eigenvalue weighted by Crippen LogP contribution is -2.07. The summed E-state index contributed by atoms with van der Waals surface area (Å²) in [5.41, 5.74) is 0. The third kappa shape index (κ3) is 14.2. The minimum Gasteiger partial charge on any atom is -0.386 e. The Hall–Kier alpha value is -2.60. The fourth-order valence-corrected chi connectivity index (χ4v) is 5.49. The third-order valence-electron chi connectivity index (χ3n) is 5.12. The van der Waals surface area contributed by atoms with Gasteiger partial charge >= 0.3 is 15.6 Å². The Morgan fingerprint density at radius 3 is 0.975 bits per heavy atom. The molecule has 0 radical (unpaired) electrons. The highest BCUT2D eigenvalue weighted by Crippen LogP contribution is 2.50. The molecule has 0 aliphatic carbocycles. The zero-order valence-corrected chi connectivity index (χ0v) is 25.5. The summed E-state index contributed by atoms with van der Waals surface area (Å²) in [6.07, 6.45) is 5.63. The Morgan fingerprint density at radius 2 is 0.725 bits per heavy atom. The Balaban J connectivity index is 0.000000296. The standard InChI is InChI=1S/C18H15O4P.C12H27O4P/c19-23(20-16-10-4-1-5-11-16,21-17-12-6-2-7-13-17)22-18-14-8-3-9-15-18;1-4-7-10-14-17(13,15-11-8-5-2)16-12-9-6-3/h1-15H;4-12H2,1-3H3. The van der Waals surface area contributed by atoms with E-state index in [9.17, 15) is 9.13 Å². The molecule has 10 heteroatoms. The number of benzene rings is 3. The van der Waals surface area contributed by atoms with Gasteiger partial charge in [-0.2, -0.15) is 4.57 Å². The van der Waals surface area contributed by atoms with Crippen LogP contribution in [-0.4, -0.2) is 19.8 Å². The fraction of sp³-hybridized carbons (Fsp3) is 0.400.